The lowest BCUT2D eigenvalue weighted by Gasteiger charge is -2.16. The summed E-state index contributed by atoms with van der Waals surface area (Å²) in [5, 5.41) is 16.7. The normalized spacial score (nSPS) is 11.9. The van der Waals surface area contributed by atoms with Crippen molar-refractivity contribution in [2.45, 2.75) is 38.8 Å². The van der Waals surface area contributed by atoms with Crippen molar-refractivity contribution in [1.82, 2.24) is 40.3 Å². The van der Waals surface area contributed by atoms with E-state index in [-0.39, 0.29) is 43.9 Å². The van der Waals surface area contributed by atoms with Gasteiger partial charge in [0.25, 0.3) is 11.7 Å². The Morgan fingerprint density at radius 3 is 2.36 bits per heavy atom. The zero-order chi connectivity index (χ0) is 34.1. The van der Waals surface area contributed by atoms with Gasteiger partial charge in [0.2, 0.25) is 0 Å². The predicted octanol–water partition coefficient (Wildman–Crippen LogP) is 6.31. The molecule has 244 valence electrons. The highest BCUT2D eigenvalue weighted by Crippen LogP contribution is 2.32. The second-order valence-corrected chi connectivity index (χ2v) is 10.9. The van der Waals surface area contributed by atoms with Crippen LogP contribution in [0.15, 0.2) is 60.8 Å². The molecule has 1 amide bonds. The highest BCUT2D eigenvalue weighted by molar-refractivity contribution is 6.32. The number of aromatic nitrogens is 7. The van der Waals surface area contributed by atoms with Crippen molar-refractivity contribution in [1.29, 1.82) is 0 Å². The van der Waals surface area contributed by atoms with Gasteiger partial charge in [-0.1, -0.05) is 41.4 Å². The van der Waals surface area contributed by atoms with Gasteiger partial charge in [-0.2, -0.15) is 36.2 Å². The van der Waals surface area contributed by atoms with Crippen LogP contribution in [0.3, 0.4) is 0 Å². The molecule has 18 heteroatoms. The molecular weight excluding hydrogens is 677 g/mol. The number of aryl methyl sites for hydroxylation is 1. The van der Waals surface area contributed by atoms with Crippen LogP contribution in [-0.4, -0.2) is 46.7 Å². The fourth-order valence-electron chi connectivity index (χ4n) is 4.65. The fourth-order valence-corrected chi connectivity index (χ4v) is 5.13. The quantitative estimate of drug-likeness (QED) is 0.142. The summed E-state index contributed by atoms with van der Waals surface area (Å²) in [4.78, 5) is 32.0. The van der Waals surface area contributed by atoms with E-state index < -0.39 is 54.9 Å². The van der Waals surface area contributed by atoms with Gasteiger partial charge in [-0.25, -0.2) is 9.67 Å². The van der Waals surface area contributed by atoms with E-state index in [0.29, 0.717) is 10.4 Å². The molecule has 0 radical (unpaired) electrons. The number of hydrogen-bond acceptors (Lipinski definition) is 7. The smallest absolute Gasteiger partial charge is 0.348 e. The number of ketones is 1. The molecule has 3 heterocycles. The molecule has 2 aromatic carbocycles. The number of benzene rings is 2. The van der Waals surface area contributed by atoms with Crippen molar-refractivity contribution < 1.29 is 35.9 Å². The van der Waals surface area contributed by atoms with Crippen molar-refractivity contribution in [3.8, 4) is 5.82 Å². The zero-order valence-electron chi connectivity index (χ0n) is 23.9. The van der Waals surface area contributed by atoms with Crippen LogP contribution in [0.4, 0.5) is 26.3 Å². The van der Waals surface area contributed by atoms with Crippen LogP contribution in [0.5, 0.6) is 0 Å². The Morgan fingerprint density at radius 2 is 1.68 bits per heavy atom. The van der Waals surface area contributed by atoms with Crippen LogP contribution in [0.2, 0.25) is 10.0 Å². The number of carbonyl (C=O) groups is 2. The Bertz CT molecular complexity index is 1970. The van der Waals surface area contributed by atoms with Gasteiger partial charge >= 0.3 is 12.4 Å². The molecule has 0 spiro atoms. The van der Waals surface area contributed by atoms with Gasteiger partial charge in [0.1, 0.15) is 12.2 Å². The maximum absolute atomic E-state index is 13.8. The average Bonchev–Trinajstić information content (AvgIpc) is 3.65. The average molecular weight is 697 g/mol. The Morgan fingerprint density at radius 1 is 0.936 bits per heavy atom. The SMILES string of the molecule is Cc1cc(Cl)cc(C(=O)NCc2ccccc2C(F)(F)F)c1CC(=O)c1cc(Cn2nnc(C(F)(F)F)n2)nn1-c1ncccc1Cl. The number of nitrogens with one attached hydrogen (secondary N) is 1. The minimum Gasteiger partial charge on any atom is -0.348 e. The van der Waals surface area contributed by atoms with E-state index in [2.05, 4.69) is 30.8 Å². The fraction of sp³-hybridized carbons (Fsp3) is 0.207. The van der Waals surface area contributed by atoms with Gasteiger partial charge < -0.3 is 5.32 Å². The highest BCUT2D eigenvalue weighted by atomic mass is 35.5. The Labute approximate surface area is 271 Å². The minimum absolute atomic E-state index is 0.0282. The first-order chi connectivity index (χ1) is 22.1. The maximum Gasteiger partial charge on any atom is 0.455 e. The van der Waals surface area contributed by atoms with Gasteiger partial charge in [0.05, 0.1) is 16.3 Å². The molecule has 1 N–H and O–H groups in total. The van der Waals surface area contributed by atoms with Crippen LogP contribution in [0.25, 0.3) is 5.82 Å². The van der Waals surface area contributed by atoms with Crippen LogP contribution in [0, 0.1) is 6.92 Å². The van der Waals surface area contributed by atoms with E-state index >= 15 is 0 Å². The molecule has 10 nitrogen and oxygen atoms in total. The zero-order valence-corrected chi connectivity index (χ0v) is 25.4. The van der Waals surface area contributed by atoms with E-state index in [9.17, 15) is 35.9 Å². The van der Waals surface area contributed by atoms with Crippen LogP contribution >= 0.6 is 23.2 Å². The molecule has 0 fully saturated rings. The Balaban J connectivity index is 1.47. The largest absolute Gasteiger partial charge is 0.455 e. The molecule has 3 aromatic heterocycles. The van der Waals surface area contributed by atoms with Crippen molar-refractivity contribution in [2.24, 2.45) is 0 Å². The van der Waals surface area contributed by atoms with Crippen LogP contribution in [0.1, 0.15) is 54.6 Å². The van der Waals surface area contributed by atoms with Crippen molar-refractivity contribution in [3.63, 3.8) is 0 Å². The minimum atomic E-state index is -4.83. The number of rotatable bonds is 9. The molecule has 47 heavy (non-hydrogen) atoms. The van der Waals surface area contributed by atoms with E-state index in [1.807, 2.05) is 0 Å². The van der Waals surface area contributed by atoms with E-state index in [4.69, 9.17) is 23.2 Å². The summed E-state index contributed by atoms with van der Waals surface area (Å²) in [5.74, 6) is -2.84. The number of Topliss-reactive ketones (excluding diaryl/α,β-unsaturated/α-hetero) is 1. The van der Waals surface area contributed by atoms with Crippen molar-refractivity contribution in [2.75, 3.05) is 0 Å². The van der Waals surface area contributed by atoms with E-state index in [1.165, 1.54) is 54.7 Å². The second kappa shape index (κ2) is 13.1. The number of tetrazole rings is 1. The molecule has 5 rings (SSSR count). The predicted molar refractivity (Wildman–Crippen MR) is 155 cm³/mol. The monoisotopic (exact) mass is 696 g/mol. The van der Waals surface area contributed by atoms with Crippen LogP contribution in [-0.2, 0) is 31.9 Å². The second-order valence-electron chi connectivity index (χ2n) is 10.1. The standard InChI is InChI=1S/C29H20Cl2F6N8O2/c1-15-9-17(30)10-20(26(47)39-13-16-5-2-3-6-21(16)28(32,33)34)19(15)12-24(46)23-11-18(14-44-42-27(40-43-44)29(35,36)37)41-45(23)25-22(31)7-4-8-38-25/h2-11H,12-14H2,1H3,(H,39,47). The van der Waals surface area contributed by atoms with Gasteiger partial charge in [-0.3, -0.25) is 9.59 Å². The topological polar surface area (TPSA) is 120 Å². The third-order valence-electron chi connectivity index (χ3n) is 6.78. The summed E-state index contributed by atoms with van der Waals surface area (Å²) in [5.41, 5.74) is -0.535. The molecule has 0 unspecified atom stereocenters. The summed E-state index contributed by atoms with van der Waals surface area (Å²) >= 11 is 12.5. The summed E-state index contributed by atoms with van der Waals surface area (Å²) in [6.07, 6.45) is -8.51. The van der Waals surface area contributed by atoms with Gasteiger partial charge in [0, 0.05) is 29.7 Å². The third-order valence-corrected chi connectivity index (χ3v) is 7.29. The molecular formula is C29H20Cl2F6N8O2. The lowest BCUT2D eigenvalue weighted by atomic mass is 9.95. The number of pyridine rings is 1. The van der Waals surface area contributed by atoms with Gasteiger partial charge in [0.15, 0.2) is 11.6 Å². The van der Waals surface area contributed by atoms with Crippen molar-refractivity contribution >= 4 is 34.9 Å². The number of carbonyl (C=O) groups excluding carboxylic acids is 2. The molecule has 5 aromatic rings. The number of alkyl halides is 6. The maximum atomic E-state index is 13.8. The molecule has 0 aliphatic rings. The molecule has 0 aliphatic carbocycles. The third kappa shape index (κ3) is 7.60. The lowest BCUT2D eigenvalue weighted by molar-refractivity contribution is -0.145. The summed E-state index contributed by atoms with van der Waals surface area (Å²) in [6.45, 7) is 0.721. The first-order valence-electron chi connectivity index (χ1n) is 13.4. The molecule has 0 atom stereocenters. The molecule has 0 aliphatic heterocycles. The van der Waals surface area contributed by atoms with Gasteiger partial charge in [-0.05, 0) is 65.2 Å². The summed E-state index contributed by atoms with van der Waals surface area (Å²) in [7, 11) is 0. The first kappa shape index (κ1) is 33.5. The Hall–Kier alpha value is -4.83. The summed E-state index contributed by atoms with van der Waals surface area (Å²) in [6, 6.07) is 11.9. The molecule has 0 bridgehead atoms. The lowest BCUT2D eigenvalue weighted by Crippen LogP contribution is -2.26. The van der Waals surface area contributed by atoms with Crippen molar-refractivity contribution in [3.05, 3.63) is 116 Å². The molecule has 0 saturated heterocycles. The molecule has 0 saturated carbocycles. The van der Waals surface area contributed by atoms with Crippen LogP contribution < -0.4 is 5.32 Å². The Kier molecular flexibility index (Phi) is 9.36. The number of halogens is 8. The number of nitrogens with zero attached hydrogens (tertiary/aromatic N) is 7. The first-order valence-corrected chi connectivity index (χ1v) is 14.2. The number of amides is 1. The highest BCUT2D eigenvalue weighted by Gasteiger charge is 2.37. The van der Waals surface area contributed by atoms with E-state index in [0.717, 1.165) is 10.7 Å². The summed E-state index contributed by atoms with van der Waals surface area (Å²) < 4.78 is 80.5. The van der Waals surface area contributed by atoms with Gasteiger partial charge in [-0.15, -0.1) is 10.2 Å². The number of hydrogen-bond donors (Lipinski definition) is 1. The van der Waals surface area contributed by atoms with E-state index in [1.54, 1.807) is 6.92 Å².